The molecule has 0 fully saturated rings. The lowest BCUT2D eigenvalue weighted by Gasteiger charge is -2.07. The van der Waals surface area contributed by atoms with Crippen molar-refractivity contribution in [3.63, 3.8) is 0 Å². The second-order valence-electron chi connectivity index (χ2n) is 6.66. The highest BCUT2D eigenvalue weighted by molar-refractivity contribution is 7.13. The number of aryl methyl sites for hydroxylation is 1. The molecule has 0 aliphatic rings. The summed E-state index contributed by atoms with van der Waals surface area (Å²) in [5.74, 6) is 0.108. The molecule has 0 spiro atoms. The van der Waals surface area contributed by atoms with Crippen LogP contribution in [0.5, 0.6) is 0 Å². The monoisotopic (exact) mass is 436 g/mol. The summed E-state index contributed by atoms with van der Waals surface area (Å²) in [5.41, 5.74) is 1.90. The number of hydrogen-bond donors (Lipinski definition) is 3. The van der Waals surface area contributed by atoms with E-state index in [4.69, 9.17) is 0 Å². The lowest BCUT2D eigenvalue weighted by atomic mass is 10.1. The van der Waals surface area contributed by atoms with Crippen LogP contribution in [0.2, 0.25) is 0 Å². The standard InChI is InChI=1S/C22H20N4O2S2/c27-21(10-2-7-17-8-3-11-29-17)23-16-6-1-5-15(13-16)22(28)24-20-14-18(25-26-20)19-9-4-12-30-19/h1,3-6,8-9,11-14H,2,7,10H2,(H,23,27)(H2,24,25,26,28). The topological polar surface area (TPSA) is 86.9 Å². The number of rotatable bonds is 8. The van der Waals surface area contributed by atoms with Gasteiger partial charge >= 0.3 is 0 Å². The fraction of sp³-hybridized carbons (Fsp3) is 0.136. The zero-order chi connectivity index (χ0) is 20.8. The molecule has 6 nitrogen and oxygen atoms in total. The van der Waals surface area contributed by atoms with Gasteiger partial charge in [0.2, 0.25) is 5.91 Å². The number of anilines is 2. The van der Waals surface area contributed by atoms with E-state index in [1.165, 1.54) is 4.88 Å². The van der Waals surface area contributed by atoms with E-state index in [9.17, 15) is 9.59 Å². The van der Waals surface area contributed by atoms with Crippen molar-refractivity contribution in [2.45, 2.75) is 19.3 Å². The van der Waals surface area contributed by atoms with E-state index in [0.717, 1.165) is 23.4 Å². The summed E-state index contributed by atoms with van der Waals surface area (Å²) in [4.78, 5) is 27.1. The van der Waals surface area contributed by atoms with Gasteiger partial charge in [-0.2, -0.15) is 5.10 Å². The predicted molar refractivity (Wildman–Crippen MR) is 122 cm³/mol. The van der Waals surface area contributed by atoms with Gasteiger partial charge in [-0.25, -0.2) is 0 Å². The zero-order valence-corrected chi connectivity index (χ0v) is 17.7. The molecule has 4 aromatic rings. The van der Waals surface area contributed by atoms with Gasteiger partial charge in [0.05, 0.1) is 10.6 Å². The van der Waals surface area contributed by atoms with Crippen molar-refractivity contribution in [2.75, 3.05) is 10.6 Å². The van der Waals surface area contributed by atoms with E-state index in [-0.39, 0.29) is 11.8 Å². The number of hydrogen-bond acceptors (Lipinski definition) is 5. The molecule has 3 heterocycles. The van der Waals surface area contributed by atoms with E-state index >= 15 is 0 Å². The van der Waals surface area contributed by atoms with Gasteiger partial charge in [-0.1, -0.05) is 18.2 Å². The minimum atomic E-state index is -0.284. The molecule has 2 amide bonds. The van der Waals surface area contributed by atoms with Crippen molar-refractivity contribution in [2.24, 2.45) is 0 Å². The minimum absolute atomic E-state index is 0.0583. The van der Waals surface area contributed by atoms with E-state index in [2.05, 4.69) is 26.9 Å². The van der Waals surface area contributed by atoms with Crippen LogP contribution in [0.4, 0.5) is 11.5 Å². The van der Waals surface area contributed by atoms with Gasteiger partial charge in [0.15, 0.2) is 5.82 Å². The quantitative estimate of drug-likeness (QED) is 0.345. The number of amides is 2. The molecular weight excluding hydrogens is 416 g/mol. The first kappa shape index (κ1) is 20.1. The molecule has 0 aliphatic carbocycles. The number of nitrogens with zero attached hydrogens (tertiary/aromatic N) is 1. The number of aromatic amines is 1. The third-order valence-corrected chi connectivity index (χ3v) is 6.26. The second-order valence-corrected chi connectivity index (χ2v) is 8.64. The van der Waals surface area contributed by atoms with Crippen molar-refractivity contribution in [3.8, 4) is 10.6 Å². The molecule has 0 saturated carbocycles. The molecule has 8 heteroatoms. The number of thiophene rings is 2. The number of aromatic nitrogens is 2. The molecule has 0 saturated heterocycles. The van der Waals surface area contributed by atoms with E-state index in [0.29, 0.717) is 23.5 Å². The molecule has 0 atom stereocenters. The number of nitrogens with one attached hydrogen (secondary N) is 3. The number of H-pyrrole nitrogens is 1. The van der Waals surface area contributed by atoms with Gasteiger partial charge in [0, 0.05) is 28.6 Å². The highest BCUT2D eigenvalue weighted by Crippen LogP contribution is 2.24. The Labute approximate surface area is 182 Å². The van der Waals surface area contributed by atoms with Crippen LogP contribution in [0.1, 0.15) is 28.1 Å². The first-order valence-electron chi connectivity index (χ1n) is 9.50. The summed E-state index contributed by atoms with van der Waals surface area (Å²) < 4.78 is 0. The minimum Gasteiger partial charge on any atom is -0.326 e. The summed E-state index contributed by atoms with van der Waals surface area (Å²) in [6.45, 7) is 0. The number of carbonyl (C=O) groups is 2. The molecule has 3 N–H and O–H groups in total. The second kappa shape index (κ2) is 9.51. The third kappa shape index (κ3) is 5.22. The maximum atomic E-state index is 12.6. The Morgan fingerprint density at radius 3 is 2.63 bits per heavy atom. The number of benzene rings is 1. The normalized spacial score (nSPS) is 10.7. The zero-order valence-electron chi connectivity index (χ0n) is 16.1. The first-order chi connectivity index (χ1) is 14.7. The van der Waals surface area contributed by atoms with Gasteiger partial charge < -0.3 is 10.6 Å². The van der Waals surface area contributed by atoms with Gasteiger partial charge in [-0.3, -0.25) is 14.7 Å². The summed E-state index contributed by atoms with van der Waals surface area (Å²) in [5, 5.41) is 16.7. The van der Waals surface area contributed by atoms with Crippen LogP contribution < -0.4 is 10.6 Å². The van der Waals surface area contributed by atoms with Crippen molar-refractivity contribution < 1.29 is 9.59 Å². The van der Waals surface area contributed by atoms with E-state index in [1.54, 1.807) is 53.0 Å². The van der Waals surface area contributed by atoms with Crippen molar-refractivity contribution in [1.29, 1.82) is 0 Å². The smallest absolute Gasteiger partial charge is 0.256 e. The number of carbonyl (C=O) groups excluding carboxylic acids is 2. The highest BCUT2D eigenvalue weighted by atomic mass is 32.1. The molecule has 0 bridgehead atoms. The SMILES string of the molecule is O=C(CCCc1cccs1)Nc1cccc(C(=O)Nc2cc(-c3cccs3)[nH]n2)c1. The van der Waals surface area contributed by atoms with Gasteiger partial charge in [0.1, 0.15) is 0 Å². The van der Waals surface area contributed by atoms with Crippen molar-refractivity contribution >= 4 is 46.0 Å². The average Bonchev–Trinajstić information content (AvgIpc) is 3.50. The fourth-order valence-electron chi connectivity index (χ4n) is 2.97. The van der Waals surface area contributed by atoms with Crippen LogP contribution in [0.25, 0.3) is 10.6 Å². The summed E-state index contributed by atoms with van der Waals surface area (Å²) >= 11 is 3.30. The maximum absolute atomic E-state index is 12.6. The van der Waals surface area contributed by atoms with Crippen molar-refractivity contribution in [3.05, 3.63) is 75.8 Å². The highest BCUT2D eigenvalue weighted by Gasteiger charge is 2.11. The molecule has 30 heavy (non-hydrogen) atoms. The summed E-state index contributed by atoms with van der Waals surface area (Å²) in [7, 11) is 0. The molecule has 4 rings (SSSR count). The lowest BCUT2D eigenvalue weighted by Crippen LogP contribution is -2.14. The Morgan fingerprint density at radius 2 is 1.83 bits per heavy atom. The van der Waals surface area contributed by atoms with Gasteiger partial charge in [-0.15, -0.1) is 22.7 Å². The molecule has 152 valence electrons. The average molecular weight is 437 g/mol. The molecule has 0 unspecified atom stereocenters. The molecular formula is C22H20N4O2S2. The van der Waals surface area contributed by atoms with Gasteiger partial charge in [-0.05, 0) is 53.9 Å². The Bertz CT molecular complexity index is 1120. The van der Waals surface area contributed by atoms with Crippen LogP contribution in [-0.2, 0) is 11.2 Å². The Morgan fingerprint density at radius 1 is 0.967 bits per heavy atom. The Kier molecular flexibility index (Phi) is 6.36. The van der Waals surface area contributed by atoms with Crippen molar-refractivity contribution in [1.82, 2.24) is 10.2 Å². The van der Waals surface area contributed by atoms with Crippen LogP contribution >= 0.6 is 22.7 Å². The Balaban J connectivity index is 1.32. The van der Waals surface area contributed by atoms with Crippen LogP contribution in [0.3, 0.4) is 0 Å². The Hall–Kier alpha value is -3.23. The molecule has 3 aromatic heterocycles. The van der Waals surface area contributed by atoms with Crippen LogP contribution in [-0.4, -0.2) is 22.0 Å². The largest absolute Gasteiger partial charge is 0.326 e. The summed E-state index contributed by atoms with van der Waals surface area (Å²) in [6, 6.07) is 16.7. The maximum Gasteiger partial charge on any atom is 0.256 e. The lowest BCUT2D eigenvalue weighted by molar-refractivity contribution is -0.116. The molecule has 0 radical (unpaired) electrons. The molecule has 1 aromatic carbocycles. The predicted octanol–water partition coefficient (Wildman–Crippen LogP) is 5.41. The first-order valence-corrected chi connectivity index (χ1v) is 11.3. The van der Waals surface area contributed by atoms with Crippen LogP contribution in [0.15, 0.2) is 65.4 Å². The summed E-state index contributed by atoms with van der Waals surface area (Å²) in [6.07, 6.45) is 2.12. The fourth-order valence-corrected chi connectivity index (χ4v) is 4.42. The van der Waals surface area contributed by atoms with E-state index in [1.807, 2.05) is 29.0 Å². The third-order valence-electron chi connectivity index (χ3n) is 4.42. The van der Waals surface area contributed by atoms with Gasteiger partial charge in [0.25, 0.3) is 5.91 Å². The molecule has 0 aliphatic heterocycles. The van der Waals surface area contributed by atoms with E-state index < -0.39 is 0 Å². The van der Waals surface area contributed by atoms with Crippen LogP contribution in [0, 0.1) is 0 Å².